The molecule has 0 unspecified atom stereocenters. The maximum Gasteiger partial charge on any atom is 0.328 e. The first-order chi connectivity index (χ1) is 7.65. The normalized spacial score (nSPS) is 10.1. The molecule has 0 saturated carbocycles. The minimum absolute atomic E-state index is 0.0149. The molecular weight excluding hydrogens is 212 g/mol. The molecule has 0 atom stereocenters. The van der Waals surface area contributed by atoms with E-state index in [4.69, 9.17) is 10.3 Å². The molecule has 0 fully saturated rings. The van der Waals surface area contributed by atoms with Crippen LogP contribution in [0.5, 0.6) is 0 Å². The van der Waals surface area contributed by atoms with E-state index in [0.29, 0.717) is 5.82 Å². The van der Waals surface area contributed by atoms with Gasteiger partial charge in [-0.15, -0.1) is 0 Å². The van der Waals surface area contributed by atoms with E-state index in [-0.39, 0.29) is 17.5 Å². The van der Waals surface area contributed by atoms with Gasteiger partial charge in [0.05, 0.1) is 12.4 Å². The van der Waals surface area contributed by atoms with Gasteiger partial charge in [-0.1, -0.05) is 5.16 Å². The average molecular weight is 220 g/mol. The van der Waals surface area contributed by atoms with Gasteiger partial charge in [0.15, 0.2) is 5.82 Å². The van der Waals surface area contributed by atoms with E-state index < -0.39 is 5.91 Å². The number of nitrogen functional groups attached to an aromatic ring is 1. The quantitative estimate of drug-likeness (QED) is 0.730. The Morgan fingerprint density at radius 2 is 2.25 bits per heavy atom. The highest BCUT2D eigenvalue weighted by atomic mass is 16.5. The number of anilines is 2. The largest absolute Gasteiger partial charge is 0.382 e. The van der Waals surface area contributed by atoms with Gasteiger partial charge >= 0.3 is 6.01 Å². The number of amides is 1. The predicted octanol–water partition coefficient (Wildman–Crippen LogP) is 0.00252. The molecule has 0 saturated heterocycles. The van der Waals surface area contributed by atoms with Crippen LogP contribution in [0, 0.1) is 6.92 Å². The Morgan fingerprint density at radius 1 is 1.44 bits per heavy atom. The fourth-order valence-electron chi connectivity index (χ4n) is 0.964. The van der Waals surface area contributed by atoms with Crippen molar-refractivity contribution >= 4 is 17.7 Å². The lowest BCUT2D eigenvalue weighted by Gasteiger charge is -1.98. The number of hydrogen-bond acceptors (Lipinski definition) is 7. The van der Waals surface area contributed by atoms with Gasteiger partial charge in [0.1, 0.15) is 11.5 Å². The number of nitrogens with one attached hydrogen (secondary N) is 1. The number of nitrogens with zero attached hydrogens (tertiary/aromatic N) is 4. The van der Waals surface area contributed by atoms with Crippen molar-refractivity contribution in [1.82, 2.24) is 20.1 Å². The van der Waals surface area contributed by atoms with Crippen molar-refractivity contribution in [3.63, 3.8) is 0 Å². The third-order valence-corrected chi connectivity index (χ3v) is 1.65. The van der Waals surface area contributed by atoms with Gasteiger partial charge in [-0.2, -0.15) is 4.98 Å². The third kappa shape index (κ3) is 2.11. The van der Waals surface area contributed by atoms with Crippen LogP contribution in [-0.2, 0) is 0 Å². The molecule has 8 nitrogen and oxygen atoms in total. The predicted molar refractivity (Wildman–Crippen MR) is 53.4 cm³/mol. The van der Waals surface area contributed by atoms with Crippen molar-refractivity contribution in [2.45, 2.75) is 6.92 Å². The molecule has 0 bridgehead atoms. The zero-order chi connectivity index (χ0) is 11.5. The summed E-state index contributed by atoms with van der Waals surface area (Å²) < 4.78 is 4.71. The number of nitrogens with two attached hydrogens (primary N) is 1. The number of carbonyl (C=O) groups is 1. The van der Waals surface area contributed by atoms with Crippen LogP contribution in [0.1, 0.15) is 16.3 Å². The molecule has 2 heterocycles. The Bertz CT molecular complexity index is 506. The third-order valence-electron chi connectivity index (χ3n) is 1.65. The number of carbonyl (C=O) groups excluding carboxylic acids is 1. The smallest absolute Gasteiger partial charge is 0.328 e. The summed E-state index contributed by atoms with van der Waals surface area (Å²) in [6.45, 7) is 1.64. The Morgan fingerprint density at radius 3 is 2.81 bits per heavy atom. The number of aryl methyl sites for hydroxylation is 1. The molecule has 0 spiro atoms. The molecule has 8 heteroatoms. The number of aromatic nitrogens is 4. The molecule has 16 heavy (non-hydrogen) atoms. The second kappa shape index (κ2) is 3.93. The first-order valence-electron chi connectivity index (χ1n) is 4.34. The fourth-order valence-corrected chi connectivity index (χ4v) is 0.964. The molecule has 0 aliphatic heterocycles. The second-order valence-electron chi connectivity index (χ2n) is 2.93. The highest BCUT2D eigenvalue weighted by Gasteiger charge is 2.11. The van der Waals surface area contributed by atoms with Crippen LogP contribution in [-0.4, -0.2) is 26.0 Å². The van der Waals surface area contributed by atoms with E-state index >= 15 is 0 Å². The van der Waals surface area contributed by atoms with Gasteiger partial charge in [-0.3, -0.25) is 10.1 Å². The summed E-state index contributed by atoms with van der Waals surface area (Å²) in [5, 5.41) is 5.90. The van der Waals surface area contributed by atoms with Crippen LogP contribution in [0.4, 0.5) is 11.8 Å². The first kappa shape index (κ1) is 10.0. The summed E-state index contributed by atoms with van der Waals surface area (Å²) in [6, 6.07) is 0.0149. The minimum atomic E-state index is -0.490. The van der Waals surface area contributed by atoms with Crippen molar-refractivity contribution < 1.29 is 9.32 Å². The standard InChI is InChI=1S/C8H8N6O2/c1-4-12-8(16-14-4)13-7(15)5-2-11-6(9)3-10-5/h2-3H,1H3,(H2,9,11)(H,12,13,14,15). The summed E-state index contributed by atoms with van der Waals surface area (Å²) in [6.07, 6.45) is 2.54. The molecule has 2 rings (SSSR count). The van der Waals surface area contributed by atoms with Gasteiger partial charge in [0, 0.05) is 0 Å². The Hall–Kier alpha value is -2.51. The van der Waals surface area contributed by atoms with E-state index in [1.54, 1.807) is 6.92 Å². The molecule has 82 valence electrons. The molecule has 1 amide bonds. The molecule has 0 radical (unpaired) electrons. The highest BCUT2D eigenvalue weighted by Crippen LogP contribution is 2.04. The topological polar surface area (TPSA) is 120 Å². The molecule has 2 aromatic heterocycles. The van der Waals surface area contributed by atoms with Crippen LogP contribution >= 0.6 is 0 Å². The van der Waals surface area contributed by atoms with Crippen molar-refractivity contribution in [2.75, 3.05) is 11.1 Å². The van der Waals surface area contributed by atoms with Gasteiger partial charge in [0.2, 0.25) is 0 Å². The Labute approximate surface area is 89.9 Å². The SMILES string of the molecule is Cc1noc(NC(=O)c2cnc(N)cn2)n1. The van der Waals surface area contributed by atoms with Crippen molar-refractivity contribution in [3.05, 3.63) is 23.9 Å². The van der Waals surface area contributed by atoms with Crippen LogP contribution in [0.2, 0.25) is 0 Å². The second-order valence-corrected chi connectivity index (χ2v) is 2.93. The number of hydrogen-bond donors (Lipinski definition) is 2. The van der Waals surface area contributed by atoms with Crippen LogP contribution in [0.25, 0.3) is 0 Å². The van der Waals surface area contributed by atoms with E-state index in [1.165, 1.54) is 12.4 Å². The fraction of sp³-hybridized carbons (Fsp3) is 0.125. The summed E-state index contributed by atoms with van der Waals surface area (Å²) in [4.78, 5) is 22.9. The van der Waals surface area contributed by atoms with Crippen LogP contribution in [0.3, 0.4) is 0 Å². The summed E-state index contributed by atoms with van der Waals surface area (Å²) in [5.74, 6) is 0.181. The van der Waals surface area contributed by atoms with E-state index in [0.717, 1.165) is 0 Å². The minimum Gasteiger partial charge on any atom is -0.382 e. The van der Waals surface area contributed by atoms with E-state index in [9.17, 15) is 4.79 Å². The summed E-state index contributed by atoms with van der Waals surface area (Å²) >= 11 is 0. The van der Waals surface area contributed by atoms with Gasteiger partial charge in [0.25, 0.3) is 5.91 Å². The van der Waals surface area contributed by atoms with Gasteiger partial charge in [-0.25, -0.2) is 9.97 Å². The molecule has 0 aliphatic rings. The zero-order valence-corrected chi connectivity index (χ0v) is 8.34. The lowest BCUT2D eigenvalue weighted by atomic mass is 10.4. The van der Waals surface area contributed by atoms with Crippen molar-refractivity contribution in [3.8, 4) is 0 Å². The summed E-state index contributed by atoms with van der Waals surface area (Å²) in [5.41, 5.74) is 5.45. The lowest BCUT2D eigenvalue weighted by Crippen LogP contribution is -2.14. The zero-order valence-electron chi connectivity index (χ0n) is 8.34. The maximum absolute atomic E-state index is 11.6. The first-order valence-corrected chi connectivity index (χ1v) is 4.34. The summed E-state index contributed by atoms with van der Waals surface area (Å²) in [7, 11) is 0. The van der Waals surface area contributed by atoms with Crippen molar-refractivity contribution in [2.24, 2.45) is 0 Å². The maximum atomic E-state index is 11.6. The van der Waals surface area contributed by atoms with Crippen LogP contribution in [0.15, 0.2) is 16.9 Å². The van der Waals surface area contributed by atoms with Crippen LogP contribution < -0.4 is 11.1 Å². The van der Waals surface area contributed by atoms with Gasteiger partial charge < -0.3 is 10.3 Å². The lowest BCUT2D eigenvalue weighted by molar-refractivity contribution is 0.101. The van der Waals surface area contributed by atoms with Crippen molar-refractivity contribution in [1.29, 1.82) is 0 Å². The highest BCUT2D eigenvalue weighted by molar-refractivity contribution is 6.01. The molecule has 0 aliphatic carbocycles. The van der Waals surface area contributed by atoms with Gasteiger partial charge in [-0.05, 0) is 6.92 Å². The molecular formula is C8H8N6O2. The monoisotopic (exact) mass is 220 g/mol. The Kier molecular flexibility index (Phi) is 2.46. The van der Waals surface area contributed by atoms with E-state index in [1.807, 2.05) is 0 Å². The Balaban J connectivity index is 2.11. The molecule has 0 aromatic carbocycles. The molecule has 3 N–H and O–H groups in total. The van der Waals surface area contributed by atoms with E-state index in [2.05, 4.69) is 25.4 Å². The average Bonchev–Trinajstić information content (AvgIpc) is 2.65. The molecule has 2 aromatic rings. The number of rotatable bonds is 2.